The fourth-order valence-electron chi connectivity index (χ4n) is 3.41. The molecule has 0 fully saturated rings. The zero-order valence-corrected chi connectivity index (χ0v) is 16.2. The maximum Gasteiger partial charge on any atom is 0.219 e. The first kappa shape index (κ1) is 19.0. The second kappa shape index (κ2) is 9.26. The van der Waals surface area contributed by atoms with Gasteiger partial charge in [0.1, 0.15) is 5.75 Å². The summed E-state index contributed by atoms with van der Waals surface area (Å²) < 4.78 is 7.72. The Kier molecular flexibility index (Phi) is 6.53. The van der Waals surface area contributed by atoms with Crippen LogP contribution in [0.25, 0.3) is 10.9 Å². The minimum Gasteiger partial charge on any atom is -0.497 e. The number of hydrogen-bond donors (Lipinski definition) is 1. The molecule has 0 spiro atoms. The summed E-state index contributed by atoms with van der Waals surface area (Å²) in [4.78, 5) is 11.7. The molecule has 0 bridgehead atoms. The van der Waals surface area contributed by atoms with Gasteiger partial charge in [-0.3, -0.25) is 4.79 Å². The van der Waals surface area contributed by atoms with E-state index in [2.05, 4.69) is 52.5 Å². The molecule has 3 rings (SSSR count). The van der Waals surface area contributed by atoms with Crippen LogP contribution in [-0.2, 0) is 24.2 Å². The molecule has 0 aliphatic carbocycles. The monoisotopic (exact) mass is 364 g/mol. The Hall–Kier alpha value is -2.75. The summed E-state index contributed by atoms with van der Waals surface area (Å²) in [6, 6.07) is 16.8. The van der Waals surface area contributed by atoms with Crippen molar-refractivity contribution >= 4 is 16.8 Å². The summed E-state index contributed by atoms with van der Waals surface area (Å²) in [5.74, 6) is 0.988. The number of ether oxygens (including phenoxy) is 1. The molecule has 0 aliphatic rings. The number of fused-ring (bicyclic) bond motifs is 1. The van der Waals surface area contributed by atoms with E-state index in [0.717, 1.165) is 31.6 Å². The van der Waals surface area contributed by atoms with Crippen LogP contribution in [0.5, 0.6) is 5.75 Å². The Labute approximate surface area is 161 Å². The average molecular weight is 364 g/mol. The van der Waals surface area contributed by atoms with Gasteiger partial charge in [-0.25, -0.2) is 0 Å². The van der Waals surface area contributed by atoms with Crippen LogP contribution in [-0.4, -0.2) is 24.1 Å². The summed E-state index contributed by atoms with van der Waals surface area (Å²) in [6.07, 6.45) is 5.49. The second-order valence-corrected chi connectivity index (χ2v) is 6.82. The third-order valence-electron chi connectivity index (χ3n) is 4.85. The number of carbonyl (C=O) groups excluding carboxylic acids is 1. The van der Waals surface area contributed by atoms with Gasteiger partial charge in [0.25, 0.3) is 0 Å². The highest BCUT2D eigenvalue weighted by atomic mass is 16.5. The fourth-order valence-corrected chi connectivity index (χ4v) is 3.41. The van der Waals surface area contributed by atoms with Crippen LogP contribution in [0.4, 0.5) is 0 Å². The second-order valence-electron chi connectivity index (χ2n) is 6.82. The average Bonchev–Trinajstić information content (AvgIpc) is 3.04. The molecule has 142 valence electrons. The number of carbonyl (C=O) groups is 1. The van der Waals surface area contributed by atoms with Gasteiger partial charge in [-0.15, -0.1) is 0 Å². The topological polar surface area (TPSA) is 43.3 Å². The summed E-state index contributed by atoms with van der Waals surface area (Å²) in [5, 5.41) is 4.21. The molecule has 3 aromatic rings. The SMILES string of the molecule is CCCC(=O)NCCc1cn(CCc2ccccc2)c2ccc(OC)cc12. The molecule has 1 N–H and O–H groups in total. The van der Waals surface area contributed by atoms with Crippen molar-refractivity contribution in [3.8, 4) is 5.75 Å². The van der Waals surface area contributed by atoms with Crippen molar-refractivity contribution in [3.63, 3.8) is 0 Å². The quantitative estimate of drug-likeness (QED) is 0.613. The molecular formula is C23H28N2O2. The summed E-state index contributed by atoms with van der Waals surface area (Å²) >= 11 is 0. The maximum absolute atomic E-state index is 11.7. The largest absolute Gasteiger partial charge is 0.497 e. The van der Waals surface area contributed by atoms with Gasteiger partial charge in [0, 0.05) is 36.6 Å². The van der Waals surface area contributed by atoms with Crippen molar-refractivity contribution in [2.24, 2.45) is 0 Å². The van der Waals surface area contributed by atoms with Crippen LogP contribution in [0.3, 0.4) is 0 Å². The van der Waals surface area contributed by atoms with Gasteiger partial charge in [0.05, 0.1) is 7.11 Å². The summed E-state index contributed by atoms with van der Waals surface area (Å²) in [7, 11) is 1.69. The molecule has 2 aromatic carbocycles. The Bertz CT molecular complexity index is 884. The van der Waals surface area contributed by atoms with E-state index in [9.17, 15) is 4.79 Å². The molecule has 0 aliphatic heterocycles. The van der Waals surface area contributed by atoms with Crippen LogP contribution < -0.4 is 10.1 Å². The Balaban J connectivity index is 1.78. The lowest BCUT2D eigenvalue weighted by molar-refractivity contribution is -0.121. The maximum atomic E-state index is 11.7. The minimum atomic E-state index is 0.128. The first-order chi connectivity index (χ1) is 13.2. The predicted molar refractivity (Wildman–Crippen MR) is 110 cm³/mol. The molecule has 0 saturated carbocycles. The Morgan fingerprint density at radius 3 is 2.67 bits per heavy atom. The minimum absolute atomic E-state index is 0.128. The number of rotatable bonds is 9. The number of nitrogens with zero attached hydrogens (tertiary/aromatic N) is 1. The predicted octanol–water partition coefficient (Wildman–Crippen LogP) is 4.35. The zero-order chi connectivity index (χ0) is 19.1. The van der Waals surface area contributed by atoms with E-state index in [0.29, 0.717) is 13.0 Å². The van der Waals surface area contributed by atoms with E-state index in [4.69, 9.17) is 4.74 Å². The van der Waals surface area contributed by atoms with Crippen molar-refractivity contribution < 1.29 is 9.53 Å². The zero-order valence-electron chi connectivity index (χ0n) is 16.2. The van der Waals surface area contributed by atoms with Crippen molar-refractivity contribution in [2.45, 2.75) is 39.2 Å². The molecule has 4 heteroatoms. The van der Waals surface area contributed by atoms with E-state index in [1.165, 1.54) is 22.0 Å². The van der Waals surface area contributed by atoms with E-state index in [1.807, 2.05) is 19.1 Å². The van der Waals surface area contributed by atoms with Gasteiger partial charge in [0.15, 0.2) is 0 Å². The number of nitrogens with one attached hydrogen (secondary N) is 1. The lowest BCUT2D eigenvalue weighted by Crippen LogP contribution is -2.25. The lowest BCUT2D eigenvalue weighted by Gasteiger charge is -2.06. The molecule has 0 unspecified atom stereocenters. The Morgan fingerprint density at radius 2 is 1.93 bits per heavy atom. The van der Waals surface area contributed by atoms with Gasteiger partial charge < -0.3 is 14.6 Å². The standard InChI is InChI=1S/C23H28N2O2/c1-3-7-23(26)24-14-12-19-17-25(15-13-18-8-5-4-6-9-18)22-11-10-20(27-2)16-21(19)22/h4-6,8-11,16-17H,3,7,12-15H2,1-2H3,(H,24,26). The fraction of sp³-hybridized carbons (Fsp3) is 0.348. The number of amides is 1. The third kappa shape index (κ3) is 4.91. The van der Waals surface area contributed by atoms with Gasteiger partial charge in [0.2, 0.25) is 5.91 Å². The van der Waals surface area contributed by atoms with E-state index >= 15 is 0 Å². The van der Waals surface area contributed by atoms with Crippen LogP contribution in [0.2, 0.25) is 0 Å². The molecule has 1 aromatic heterocycles. The molecular weight excluding hydrogens is 336 g/mol. The normalized spacial score (nSPS) is 10.9. The first-order valence-corrected chi connectivity index (χ1v) is 9.67. The number of methoxy groups -OCH3 is 1. The van der Waals surface area contributed by atoms with Crippen LogP contribution >= 0.6 is 0 Å². The number of aryl methyl sites for hydroxylation is 2. The number of hydrogen-bond acceptors (Lipinski definition) is 2. The van der Waals surface area contributed by atoms with Crippen LogP contribution in [0, 0.1) is 0 Å². The van der Waals surface area contributed by atoms with Gasteiger partial charge in [-0.2, -0.15) is 0 Å². The molecule has 1 amide bonds. The molecule has 27 heavy (non-hydrogen) atoms. The molecule has 0 radical (unpaired) electrons. The number of aromatic nitrogens is 1. The summed E-state index contributed by atoms with van der Waals surface area (Å²) in [5.41, 5.74) is 3.79. The van der Waals surface area contributed by atoms with Crippen molar-refractivity contribution in [2.75, 3.05) is 13.7 Å². The molecule has 1 heterocycles. The van der Waals surface area contributed by atoms with E-state index < -0.39 is 0 Å². The van der Waals surface area contributed by atoms with Crippen LogP contribution in [0.1, 0.15) is 30.9 Å². The molecule has 4 nitrogen and oxygen atoms in total. The van der Waals surface area contributed by atoms with E-state index in [1.54, 1.807) is 7.11 Å². The molecule has 0 saturated heterocycles. The third-order valence-corrected chi connectivity index (χ3v) is 4.85. The van der Waals surface area contributed by atoms with Crippen molar-refractivity contribution in [1.29, 1.82) is 0 Å². The number of benzene rings is 2. The summed E-state index contributed by atoms with van der Waals surface area (Å²) in [6.45, 7) is 3.61. The van der Waals surface area contributed by atoms with E-state index in [-0.39, 0.29) is 5.91 Å². The van der Waals surface area contributed by atoms with Crippen LogP contribution in [0.15, 0.2) is 54.7 Å². The van der Waals surface area contributed by atoms with Gasteiger partial charge in [-0.05, 0) is 48.6 Å². The van der Waals surface area contributed by atoms with Crippen molar-refractivity contribution in [1.82, 2.24) is 9.88 Å². The highest BCUT2D eigenvalue weighted by molar-refractivity contribution is 5.85. The Morgan fingerprint density at radius 1 is 1.11 bits per heavy atom. The first-order valence-electron chi connectivity index (χ1n) is 9.67. The van der Waals surface area contributed by atoms with Crippen molar-refractivity contribution in [3.05, 3.63) is 65.9 Å². The highest BCUT2D eigenvalue weighted by Gasteiger charge is 2.10. The smallest absolute Gasteiger partial charge is 0.219 e. The van der Waals surface area contributed by atoms with Gasteiger partial charge in [-0.1, -0.05) is 37.3 Å². The lowest BCUT2D eigenvalue weighted by atomic mass is 10.1. The van der Waals surface area contributed by atoms with Gasteiger partial charge >= 0.3 is 0 Å². The highest BCUT2D eigenvalue weighted by Crippen LogP contribution is 2.26. The molecule has 0 atom stereocenters.